The van der Waals surface area contributed by atoms with Gasteiger partial charge in [0.25, 0.3) is 5.91 Å². The molecule has 1 spiro atoms. The Bertz CT molecular complexity index is 491. The Morgan fingerprint density at radius 3 is 2.62 bits per heavy atom. The summed E-state index contributed by atoms with van der Waals surface area (Å²) in [5.74, 6) is 0.886. The summed E-state index contributed by atoms with van der Waals surface area (Å²) in [6.07, 6.45) is 5.47. The highest BCUT2D eigenvalue weighted by Crippen LogP contribution is 2.38. The van der Waals surface area contributed by atoms with Crippen molar-refractivity contribution in [1.29, 1.82) is 0 Å². The van der Waals surface area contributed by atoms with Crippen LogP contribution in [0.25, 0.3) is 0 Å². The molecule has 4 heteroatoms. The molecule has 1 aromatic carbocycles. The summed E-state index contributed by atoms with van der Waals surface area (Å²) < 4.78 is 11.4. The van der Waals surface area contributed by atoms with E-state index in [0.29, 0.717) is 25.3 Å². The molecule has 0 unspecified atom stereocenters. The van der Waals surface area contributed by atoms with Crippen LogP contribution in [0.3, 0.4) is 0 Å². The molecule has 0 bridgehead atoms. The molecule has 21 heavy (non-hydrogen) atoms. The molecule has 2 fully saturated rings. The fourth-order valence-electron chi connectivity index (χ4n) is 3.43. The van der Waals surface area contributed by atoms with Crippen molar-refractivity contribution >= 4 is 5.91 Å². The lowest BCUT2D eigenvalue weighted by atomic mass is 9.90. The molecule has 1 saturated carbocycles. The van der Waals surface area contributed by atoms with Gasteiger partial charge in [0.1, 0.15) is 11.5 Å². The molecule has 1 heterocycles. The first-order chi connectivity index (χ1) is 10.2. The monoisotopic (exact) mass is 289 g/mol. The van der Waals surface area contributed by atoms with Crippen LogP contribution < -0.4 is 4.74 Å². The average Bonchev–Trinajstić information content (AvgIpc) is 2.91. The molecule has 3 rings (SSSR count). The number of benzene rings is 1. The van der Waals surface area contributed by atoms with Crippen molar-refractivity contribution < 1.29 is 14.3 Å². The number of hydrogen-bond acceptors (Lipinski definition) is 3. The second-order valence-electron chi connectivity index (χ2n) is 5.77. The van der Waals surface area contributed by atoms with Gasteiger partial charge in [0.15, 0.2) is 0 Å². The van der Waals surface area contributed by atoms with Crippen LogP contribution in [0, 0.1) is 0 Å². The highest BCUT2D eigenvalue weighted by molar-refractivity contribution is 5.95. The van der Waals surface area contributed by atoms with Gasteiger partial charge in [-0.1, -0.05) is 6.42 Å². The molecule has 1 amide bonds. The molecular formula is C17H23NO3. The molecule has 0 N–H and O–H groups in total. The van der Waals surface area contributed by atoms with Crippen molar-refractivity contribution in [3.05, 3.63) is 29.8 Å². The van der Waals surface area contributed by atoms with Gasteiger partial charge in [-0.05, 0) is 56.9 Å². The summed E-state index contributed by atoms with van der Waals surface area (Å²) in [6.45, 7) is 3.94. The molecule has 1 saturated heterocycles. The topological polar surface area (TPSA) is 38.8 Å². The van der Waals surface area contributed by atoms with Crippen LogP contribution >= 0.6 is 0 Å². The van der Waals surface area contributed by atoms with Crippen LogP contribution in [0.4, 0.5) is 0 Å². The van der Waals surface area contributed by atoms with E-state index in [2.05, 4.69) is 0 Å². The van der Waals surface area contributed by atoms with Crippen LogP contribution in [-0.4, -0.2) is 36.3 Å². The minimum absolute atomic E-state index is 0.0810. The third-order valence-electron chi connectivity index (χ3n) is 4.47. The van der Waals surface area contributed by atoms with Crippen molar-refractivity contribution in [2.75, 3.05) is 19.8 Å². The highest BCUT2D eigenvalue weighted by Gasteiger charge is 2.45. The second kappa shape index (κ2) is 6.06. The zero-order valence-electron chi connectivity index (χ0n) is 12.6. The Morgan fingerprint density at radius 1 is 1.24 bits per heavy atom. The van der Waals surface area contributed by atoms with E-state index in [1.165, 1.54) is 6.42 Å². The Kier molecular flexibility index (Phi) is 4.15. The van der Waals surface area contributed by atoms with Crippen molar-refractivity contribution in [2.24, 2.45) is 0 Å². The van der Waals surface area contributed by atoms with Crippen molar-refractivity contribution in [2.45, 2.75) is 44.8 Å². The predicted octanol–water partition coefficient (Wildman–Crippen LogP) is 3.22. The summed E-state index contributed by atoms with van der Waals surface area (Å²) in [6, 6.07) is 7.42. The number of hydrogen-bond donors (Lipinski definition) is 0. The maximum atomic E-state index is 12.8. The van der Waals surface area contributed by atoms with E-state index in [-0.39, 0.29) is 11.6 Å². The van der Waals surface area contributed by atoms with Gasteiger partial charge in [0, 0.05) is 12.1 Å². The van der Waals surface area contributed by atoms with Gasteiger partial charge >= 0.3 is 0 Å². The van der Waals surface area contributed by atoms with Crippen LogP contribution in [0.2, 0.25) is 0 Å². The second-order valence-corrected chi connectivity index (χ2v) is 5.77. The number of rotatable bonds is 3. The Balaban J connectivity index is 1.77. The first-order valence-corrected chi connectivity index (χ1v) is 7.94. The van der Waals surface area contributed by atoms with Crippen LogP contribution in [0.5, 0.6) is 5.75 Å². The first kappa shape index (κ1) is 14.4. The van der Waals surface area contributed by atoms with Crippen molar-refractivity contribution in [3.63, 3.8) is 0 Å². The van der Waals surface area contributed by atoms with E-state index in [1.807, 2.05) is 36.1 Å². The molecule has 1 aliphatic carbocycles. The minimum Gasteiger partial charge on any atom is -0.494 e. The zero-order chi connectivity index (χ0) is 14.7. The summed E-state index contributed by atoms with van der Waals surface area (Å²) in [5, 5.41) is 0. The van der Waals surface area contributed by atoms with Crippen LogP contribution in [0.15, 0.2) is 24.3 Å². The lowest BCUT2D eigenvalue weighted by Gasteiger charge is -2.40. The van der Waals surface area contributed by atoms with Gasteiger partial charge in [-0.15, -0.1) is 0 Å². The van der Waals surface area contributed by atoms with E-state index >= 15 is 0 Å². The molecule has 1 aromatic rings. The van der Waals surface area contributed by atoms with E-state index in [0.717, 1.165) is 31.4 Å². The largest absolute Gasteiger partial charge is 0.494 e. The van der Waals surface area contributed by atoms with Gasteiger partial charge in [0.05, 0.1) is 13.2 Å². The molecule has 0 atom stereocenters. The van der Waals surface area contributed by atoms with Gasteiger partial charge < -0.3 is 14.4 Å². The maximum absolute atomic E-state index is 12.8. The molecule has 114 valence electrons. The van der Waals surface area contributed by atoms with E-state index in [1.54, 1.807) is 0 Å². The molecule has 1 aliphatic heterocycles. The lowest BCUT2D eigenvalue weighted by Crippen LogP contribution is -2.49. The number of amides is 1. The Hall–Kier alpha value is -1.55. The first-order valence-electron chi connectivity index (χ1n) is 7.94. The summed E-state index contributed by atoms with van der Waals surface area (Å²) in [4.78, 5) is 14.7. The van der Waals surface area contributed by atoms with Crippen LogP contribution in [0.1, 0.15) is 49.4 Å². The third kappa shape index (κ3) is 2.77. The zero-order valence-corrected chi connectivity index (χ0v) is 12.6. The van der Waals surface area contributed by atoms with Gasteiger partial charge in [0.2, 0.25) is 0 Å². The predicted molar refractivity (Wildman–Crippen MR) is 80.4 cm³/mol. The van der Waals surface area contributed by atoms with E-state index in [4.69, 9.17) is 9.47 Å². The SMILES string of the molecule is CCOc1ccc(C(=O)N2CCOC23CCCCC3)cc1. The number of carbonyl (C=O) groups excluding carboxylic acids is 1. The molecule has 4 nitrogen and oxygen atoms in total. The lowest BCUT2D eigenvalue weighted by molar-refractivity contribution is -0.0919. The van der Waals surface area contributed by atoms with E-state index < -0.39 is 0 Å². The van der Waals surface area contributed by atoms with Gasteiger partial charge in [-0.25, -0.2) is 0 Å². The maximum Gasteiger partial charge on any atom is 0.256 e. The van der Waals surface area contributed by atoms with Crippen LogP contribution in [-0.2, 0) is 4.74 Å². The highest BCUT2D eigenvalue weighted by atomic mass is 16.5. The van der Waals surface area contributed by atoms with Crippen molar-refractivity contribution in [1.82, 2.24) is 4.90 Å². The summed E-state index contributed by atoms with van der Waals surface area (Å²) >= 11 is 0. The number of nitrogens with zero attached hydrogens (tertiary/aromatic N) is 1. The van der Waals surface area contributed by atoms with Gasteiger partial charge in [-0.3, -0.25) is 4.79 Å². The molecular weight excluding hydrogens is 266 g/mol. The minimum atomic E-state index is -0.339. The summed E-state index contributed by atoms with van der Waals surface area (Å²) in [7, 11) is 0. The number of carbonyl (C=O) groups is 1. The smallest absolute Gasteiger partial charge is 0.256 e. The third-order valence-corrected chi connectivity index (χ3v) is 4.47. The summed E-state index contributed by atoms with van der Waals surface area (Å²) in [5.41, 5.74) is 0.377. The number of ether oxygens (including phenoxy) is 2. The molecule has 0 aromatic heterocycles. The van der Waals surface area contributed by atoms with Gasteiger partial charge in [-0.2, -0.15) is 0 Å². The Labute approximate surface area is 126 Å². The van der Waals surface area contributed by atoms with E-state index in [9.17, 15) is 4.79 Å². The average molecular weight is 289 g/mol. The normalized spacial score (nSPS) is 20.7. The fourth-order valence-corrected chi connectivity index (χ4v) is 3.43. The van der Waals surface area contributed by atoms with Crippen molar-refractivity contribution in [3.8, 4) is 5.75 Å². The molecule has 2 aliphatic rings. The fraction of sp³-hybridized carbons (Fsp3) is 0.588. The molecule has 0 radical (unpaired) electrons. The quantitative estimate of drug-likeness (QED) is 0.857. The Morgan fingerprint density at radius 2 is 1.95 bits per heavy atom. The standard InChI is InChI=1S/C17H23NO3/c1-2-20-15-8-6-14(7-9-15)16(19)18-12-13-21-17(18)10-4-3-5-11-17/h6-9H,2-5,10-13H2,1H3.